The Morgan fingerprint density at radius 3 is 2.45 bits per heavy atom. The summed E-state index contributed by atoms with van der Waals surface area (Å²) in [5.41, 5.74) is 0.229. The van der Waals surface area contributed by atoms with Gasteiger partial charge in [-0.3, -0.25) is 0 Å². The molecule has 4 heteroatoms. The molecule has 5 rings (SSSR count). The molecule has 1 aromatic rings. The van der Waals surface area contributed by atoms with Crippen LogP contribution in [0.25, 0.3) is 0 Å². The molecule has 1 aromatic carbocycles. The van der Waals surface area contributed by atoms with E-state index in [1.54, 1.807) is 0 Å². The molecule has 4 aliphatic carbocycles. The normalized spacial score (nSPS) is 37.6. The summed E-state index contributed by atoms with van der Waals surface area (Å²) in [6, 6.07) is 3.01. The van der Waals surface area contributed by atoms with Gasteiger partial charge in [-0.15, -0.1) is 0 Å². The summed E-state index contributed by atoms with van der Waals surface area (Å²) in [5, 5.41) is 0. The first-order valence-corrected chi connectivity index (χ1v) is 8.12. The van der Waals surface area contributed by atoms with E-state index in [9.17, 15) is 8.78 Å². The first-order chi connectivity index (χ1) is 9.56. The van der Waals surface area contributed by atoms with Gasteiger partial charge in [-0.1, -0.05) is 0 Å². The summed E-state index contributed by atoms with van der Waals surface area (Å²) in [7, 11) is 0. The minimum Gasteiger partial charge on any atom is -0.490 e. The van der Waals surface area contributed by atoms with E-state index < -0.39 is 11.6 Å². The maximum atomic E-state index is 13.8. The zero-order valence-corrected chi connectivity index (χ0v) is 12.8. The van der Waals surface area contributed by atoms with Gasteiger partial charge in [0.1, 0.15) is 0 Å². The van der Waals surface area contributed by atoms with Crippen molar-refractivity contribution in [2.24, 2.45) is 23.2 Å². The molecule has 0 heterocycles. The minimum absolute atomic E-state index is 0.0442. The summed E-state index contributed by atoms with van der Waals surface area (Å²) in [6.07, 6.45) is 6.41. The van der Waals surface area contributed by atoms with Crippen LogP contribution in [0.2, 0.25) is 0 Å². The zero-order chi connectivity index (χ0) is 13.9. The molecule has 0 saturated heterocycles. The van der Waals surface area contributed by atoms with Crippen LogP contribution < -0.4 is 4.74 Å². The Balaban J connectivity index is 1.50. The van der Waals surface area contributed by atoms with Crippen molar-refractivity contribution in [3.8, 4) is 5.75 Å². The standard InChI is InChI=1S/C16H17BrF2O/c17-12-1-2-13(15(19)14(12)18)20-8-16-5-9-3-10(6-16)11(4-9)7-16/h1-2,9-11H,3-8H2. The Morgan fingerprint density at radius 1 is 1.10 bits per heavy atom. The Hall–Kier alpha value is -0.640. The molecule has 0 amide bonds. The van der Waals surface area contributed by atoms with Gasteiger partial charge >= 0.3 is 0 Å². The quantitative estimate of drug-likeness (QED) is 0.707. The fourth-order valence-corrected chi connectivity index (χ4v) is 5.31. The molecule has 2 unspecified atom stereocenters. The lowest BCUT2D eigenvalue weighted by Crippen LogP contribution is -2.33. The van der Waals surface area contributed by atoms with Gasteiger partial charge in [-0.2, -0.15) is 4.39 Å². The van der Waals surface area contributed by atoms with E-state index in [1.807, 2.05) is 0 Å². The monoisotopic (exact) mass is 342 g/mol. The summed E-state index contributed by atoms with van der Waals surface area (Å²) in [5.74, 6) is 0.875. The van der Waals surface area contributed by atoms with Gasteiger partial charge in [-0.05, 0) is 77.9 Å². The van der Waals surface area contributed by atoms with Crippen molar-refractivity contribution >= 4 is 15.9 Å². The average Bonchev–Trinajstić information content (AvgIpc) is 2.83. The highest BCUT2D eigenvalue weighted by Gasteiger charge is 2.56. The maximum Gasteiger partial charge on any atom is 0.201 e. The van der Waals surface area contributed by atoms with E-state index in [0.717, 1.165) is 17.8 Å². The molecule has 4 bridgehead atoms. The molecule has 0 radical (unpaired) electrons. The number of hydrogen-bond acceptors (Lipinski definition) is 1. The number of halogens is 3. The third-order valence-electron chi connectivity index (χ3n) is 5.58. The molecular weight excluding hydrogens is 326 g/mol. The van der Waals surface area contributed by atoms with Crippen LogP contribution >= 0.6 is 15.9 Å². The van der Waals surface area contributed by atoms with Crippen LogP contribution in [0.5, 0.6) is 5.75 Å². The van der Waals surface area contributed by atoms with Crippen LogP contribution in [-0.4, -0.2) is 6.61 Å². The number of benzene rings is 1. The largest absolute Gasteiger partial charge is 0.490 e. The lowest BCUT2D eigenvalue weighted by molar-refractivity contribution is 0.0719. The molecule has 0 spiro atoms. The fourth-order valence-electron chi connectivity index (χ4n) is 5.01. The van der Waals surface area contributed by atoms with Gasteiger partial charge in [-0.25, -0.2) is 4.39 Å². The molecule has 4 aliphatic rings. The van der Waals surface area contributed by atoms with E-state index in [2.05, 4.69) is 15.9 Å². The third-order valence-corrected chi connectivity index (χ3v) is 6.20. The van der Waals surface area contributed by atoms with E-state index in [1.165, 1.54) is 44.2 Å². The topological polar surface area (TPSA) is 9.23 Å². The summed E-state index contributed by atoms with van der Waals surface area (Å²) >= 11 is 2.98. The van der Waals surface area contributed by atoms with E-state index >= 15 is 0 Å². The van der Waals surface area contributed by atoms with Gasteiger partial charge in [0, 0.05) is 5.41 Å². The molecule has 0 aromatic heterocycles. The van der Waals surface area contributed by atoms with Crippen molar-refractivity contribution in [3.63, 3.8) is 0 Å². The molecular formula is C16H17BrF2O. The van der Waals surface area contributed by atoms with Gasteiger partial charge in [0.25, 0.3) is 0 Å². The fraction of sp³-hybridized carbons (Fsp3) is 0.625. The number of ether oxygens (including phenoxy) is 1. The second-order valence-corrected chi connectivity index (χ2v) is 7.79. The lowest BCUT2D eigenvalue weighted by Gasteiger charge is -2.38. The molecule has 20 heavy (non-hydrogen) atoms. The smallest absolute Gasteiger partial charge is 0.201 e. The Kier molecular flexibility index (Phi) is 2.89. The van der Waals surface area contributed by atoms with Crippen LogP contribution in [-0.2, 0) is 0 Å². The van der Waals surface area contributed by atoms with Crippen LogP contribution in [0, 0.1) is 34.8 Å². The number of rotatable bonds is 3. The molecule has 0 aliphatic heterocycles. The predicted molar refractivity (Wildman–Crippen MR) is 75.5 cm³/mol. The summed E-state index contributed by atoms with van der Waals surface area (Å²) < 4.78 is 33.1. The highest BCUT2D eigenvalue weighted by molar-refractivity contribution is 9.10. The first-order valence-electron chi connectivity index (χ1n) is 7.33. The molecule has 4 fully saturated rings. The van der Waals surface area contributed by atoms with Crippen molar-refractivity contribution < 1.29 is 13.5 Å². The predicted octanol–water partition coefficient (Wildman–Crippen LogP) is 4.93. The number of hydrogen-bond donors (Lipinski definition) is 0. The van der Waals surface area contributed by atoms with E-state index in [-0.39, 0.29) is 15.6 Å². The van der Waals surface area contributed by atoms with Crippen LogP contribution in [0.3, 0.4) is 0 Å². The SMILES string of the molecule is Fc1c(Br)ccc(OCC23CC4CC(C2)C(C4)C3)c1F. The average molecular weight is 343 g/mol. The zero-order valence-electron chi connectivity index (χ0n) is 11.2. The first kappa shape index (κ1) is 13.1. The van der Waals surface area contributed by atoms with E-state index in [4.69, 9.17) is 4.74 Å². The minimum atomic E-state index is -0.883. The third kappa shape index (κ3) is 1.91. The summed E-state index contributed by atoms with van der Waals surface area (Å²) in [4.78, 5) is 0. The Morgan fingerprint density at radius 2 is 1.80 bits per heavy atom. The second-order valence-electron chi connectivity index (χ2n) is 6.93. The second kappa shape index (κ2) is 4.43. The molecule has 0 N–H and O–H groups in total. The lowest BCUT2D eigenvalue weighted by atomic mass is 9.70. The Bertz CT molecular complexity index is 540. The maximum absolute atomic E-state index is 13.8. The molecule has 108 valence electrons. The Labute approximate surface area is 125 Å². The molecule has 1 nitrogen and oxygen atoms in total. The molecule has 4 saturated carbocycles. The van der Waals surface area contributed by atoms with Crippen LogP contribution in [0.15, 0.2) is 16.6 Å². The van der Waals surface area contributed by atoms with Crippen LogP contribution in [0.4, 0.5) is 8.78 Å². The van der Waals surface area contributed by atoms with Crippen molar-refractivity contribution in [2.75, 3.05) is 6.61 Å². The van der Waals surface area contributed by atoms with Gasteiger partial charge in [0.2, 0.25) is 5.82 Å². The van der Waals surface area contributed by atoms with Gasteiger partial charge < -0.3 is 4.74 Å². The van der Waals surface area contributed by atoms with Gasteiger partial charge in [0.15, 0.2) is 11.6 Å². The summed E-state index contributed by atoms with van der Waals surface area (Å²) in [6.45, 7) is 0.536. The molecule has 2 atom stereocenters. The van der Waals surface area contributed by atoms with Crippen molar-refractivity contribution in [1.29, 1.82) is 0 Å². The highest BCUT2D eigenvalue weighted by atomic mass is 79.9. The van der Waals surface area contributed by atoms with Crippen LogP contribution in [0.1, 0.15) is 32.1 Å². The van der Waals surface area contributed by atoms with Crippen molar-refractivity contribution in [3.05, 3.63) is 28.2 Å². The van der Waals surface area contributed by atoms with Crippen molar-refractivity contribution in [2.45, 2.75) is 32.1 Å². The van der Waals surface area contributed by atoms with E-state index in [0.29, 0.717) is 6.61 Å². The van der Waals surface area contributed by atoms with Crippen molar-refractivity contribution in [1.82, 2.24) is 0 Å². The highest BCUT2D eigenvalue weighted by Crippen LogP contribution is 2.64. The van der Waals surface area contributed by atoms with Gasteiger partial charge in [0.05, 0.1) is 11.1 Å².